The van der Waals surface area contributed by atoms with Crippen LogP contribution in [0.4, 0.5) is 0 Å². The van der Waals surface area contributed by atoms with Crippen molar-refractivity contribution >= 4 is 0 Å². The highest BCUT2D eigenvalue weighted by Gasteiger charge is 2.70. The summed E-state index contributed by atoms with van der Waals surface area (Å²) in [5.74, 6) is 6.77. The smallest absolute Gasteiger partial charge is 0.0169 e. The van der Waals surface area contributed by atoms with Gasteiger partial charge in [0.2, 0.25) is 0 Å². The molecule has 6 fully saturated rings. The maximum absolute atomic E-state index is 4.71. The largest absolute Gasteiger partial charge is 0.0996 e. The minimum absolute atomic E-state index is 0.583. The van der Waals surface area contributed by atoms with Gasteiger partial charge >= 0.3 is 0 Å². The van der Waals surface area contributed by atoms with E-state index in [0.717, 1.165) is 41.4 Å². The van der Waals surface area contributed by atoms with Gasteiger partial charge in [-0.15, -0.1) is 0 Å². The summed E-state index contributed by atoms with van der Waals surface area (Å²) >= 11 is 0. The molecular weight excluding hydrogens is 348 g/mol. The molecule has 162 valence electrons. The van der Waals surface area contributed by atoms with Gasteiger partial charge in [-0.1, -0.05) is 53.2 Å². The van der Waals surface area contributed by atoms with Crippen LogP contribution in [0.5, 0.6) is 0 Å². The van der Waals surface area contributed by atoms with Gasteiger partial charge in [-0.2, -0.15) is 0 Å². The number of fused-ring (bicyclic) bond motifs is 4. The molecule has 0 amide bonds. The fraction of sp³-hybridized carbons (Fsp3) is 0.931. The second-order valence-electron chi connectivity index (χ2n) is 14.3. The molecule has 0 nitrogen and oxygen atoms in total. The van der Waals surface area contributed by atoms with Crippen LogP contribution >= 0.6 is 0 Å². The molecule has 0 aliphatic heterocycles. The quantitative estimate of drug-likeness (QED) is 0.363. The van der Waals surface area contributed by atoms with Crippen LogP contribution < -0.4 is 0 Å². The van der Waals surface area contributed by atoms with Crippen molar-refractivity contribution in [1.82, 2.24) is 0 Å². The minimum atomic E-state index is 0.583. The van der Waals surface area contributed by atoms with Crippen LogP contribution in [0.1, 0.15) is 105 Å². The summed E-state index contributed by atoms with van der Waals surface area (Å²) in [6.07, 6.45) is 16.4. The molecule has 0 radical (unpaired) electrons. The SMILES string of the molecule is C=C1CC2CC3C4CCCC(C)(C)C4CCC3(C)C3(C)CCC4(C)CCC1C4C23. The molecule has 29 heavy (non-hydrogen) atoms. The molecule has 0 saturated heterocycles. The molecule has 0 spiro atoms. The van der Waals surface area contributed by atoms with Crippen molar-refractivity contribution in [2.45, 2.75) is 105 Å². The minimum Gasteiger partial charge on any atom is -0.0996 e. The Morgan fingerprint density at radius 3 is 2.34 bits per heavy atom. The van der Waals surface area contributed by atoms with Crippen LogP contribution in [-0.4, -0.2) is 0 Å². The number of hydrogen-bond acceptors (Lipinski definition) is 0. The first kappa shape index (κ1) is 19.4. The predicted octanol–water partition coefficient (Wildman–Crippen LogP) is 8.27. The number of hydrogen-bond donors (Lipinski definition) is 0. The zero-order chi connectivity index (χ0) is 20.4. The first-order valence-electron chi connectivity index (χ1n) is 13.3. The molecule has 10 atom stereocenters. The maximum Gasteiger partial charge on any atom is -0.0169 e. The average Bonchev–Trinajstić information content (AvgIpc) is 3.01. The molecule has 6 aliphatic rings. The van der Waals surface area contributed by atoms with E-state index in [1.165, 1.54) is 64.2 Å². The Balaban J connectivity index is 1.44. The fourth-order valence-corrected chi connectivity index (χ4v) is 11.6. The van der Waals surface area contributed by atoms with Gasteiger partial charge in [-0.25, -0.2) is 0 Å². The topological polar surface area (TPSA) is 0 Å². The number of rotatable bonds is 0. The lowest BCUT2D eigenvalue weighted by Crippen LogP contribution is -2.66. The van der Waals surface area contributed by atoms with Crippen molar-refractivity contribution in [2.24, 2.45) is 63.1 Å². The van der Waals surface area contributed by atoms with Gasteiger partial charge in [0.15, 0.2) is 0 Å². The Hall–Kier alpha value is -0.260. The van der Waals surface area contributed by atoms with Gasteiger partial charge in [0, 0.05) is 0 Å². The summed E-state index contributed by atoms with van der Waals surface area (Å²) in [6, 6.07) is 0. The summed E-state index contributed by atoms with van der Waals surface area (Å²) in [4.78, 5) is 0. The van der Waals surface area contributed by atoms with Crippen molar-refractivity contribution < 1.29 is 0 Å². The average molecular weight is 395 g/mol. The van der Waals surface area contributed by atoms with Gasteiger partial charge in [0.05, 0.1) is 0 Å². The third-order valence-corrected chi connectivity index (χ3v) is 13.2. The lowest BCUT2D eigenvalue weighted by Gasteiger charge is -2.72. The molecule has 0 aromatic carbocycles. The van der Waals surface area contributed by atoms with Crippen LogP contribution in [0.3, 0.4) is 0 Å². The second-order valence-corrected chi connectivity index (χ2v) is 14.3. The Labute approximate surface area is 180 Å². The van der Waals surface area contributed by atoms with Crippen molar-refractivity contribution in [3.63, 3.8) is 0 Å². The van der Waals surface area contributed by atoms with E-state index in [1.54, 1.807) is 12.0 Å². The van der Waals surface area contributed by atoms with Crippen LogP contribution in [0.2, 0.25) is 0 Å². The maximum atomic E-state index is 4.71. The summed E-state index contributed by atoms with van der Waals surface area (Å²) in [7, 11) is 0. The van der Waals surface area contributed by atoms with Crippen LogP contribution in [0, 0.1) is 63.1 Å². The Kier molecular flexibility index (Phi) is 3.85. The summed E-state index contributed by atoms with van der Waals surface area (Å²) in [5, 5.41) is 0. The molecule has 0 aromatic rings. The lowest BCUT2D eigenvalue weighted by molar-refractivity contribution is -0.233. The normalized spacial score (nSPS) is 60.2. The van der Waals surface area contributed by atoms with E-state index in [2.05, 4.69) is 34.6 Å². The van der Waals surface area contributed by atoms with Crippen LogP contribution in [0.15, 0.2) is 12.2 Å². The van der Waals surface area contributed by atoms with Crippen molar-refractivity contribution in [2.75, 3.05) is 0 Å². The van der Waals surface area contributed by atoms with E-state index in [-0.39, 0.29) is 0 Å². The molecule has 0 heterocycles. The van der Waals surface area contributed by atoms with E-state index in [9.17, 15) is 0 Å². The summed E-state index contributed by atoms with van der Waals surface area (Å²) < 4.78 is 0. The van der Waals surface area contributed by atoms with Crippen molar-refractivity contribution in [3.8, 4) is 0 Å². The molecule has 0 aromatic heterocycles. The van der Waals surface area contributed by atoms with Gasteiger partial charge in [-0.3, -0.25) is 0 Å². The van der Waals surface area contributed by atoms with Gasteiger partial charge in [-0.05, 0) is 127 Å². The highest BCUT2D eigenvalue weighted by Crippen LogP contribution is 2.78. The van der Waals surface area contributed by atoms with Gasteiger partial charge in [0.25, 0.3) is 0 Å². The highest BCUT2D eigenvalue weighted by molar-refractivity contribution is 5.25. The van der Waals surface area contributed by atoms with Gasteiger partial charge in [0.1, 0.15) is 0 Å². The van der Waals surface area contributed by atoms with E-state index < -0.39 is 0 Å². The van der Waals surface area contributed by atoms with E-state index in [1.807, 2.05) is 0 Å². The molecule has 6 aliphatic carbocycles. The van der Waals surface area contributed by atoms with E-state index >= 15 is 0 Å². The fourth-order valence-electron chi connectivity index (χ4n) is 11.6. The first-order chi connectivity index (χ1) is 13.6. The molecule has 6 rings (SSSR count). The Morgan fingerprint density at radius 2 is 1.55 bits per heavy atom. The summed E-state index contributed by atoms with van der Waals surface area (Å²) in [5.41, 5.74) is 4.06. The third-order valence-electron chi connectivity index (χ3n) is 13.2. The molecule has 6 saturated carbocycles. The third kappa shape index (κ3) is 2.23. The van der Waals surface area contributed by atoms with Crippen molar-refractivity contribution in [1.29, 1.82) is 0 Å². The predicted molar refractivity (Wildman–Crippen MR) is 122 cm³/mol. The molecule has 0 N–H and O–H groups in total. The first-order valence-corrected chi connectivity index (χ1v) is 13.3. The van der Waals surface area contributed by atoms with E-state index in [4.69, 9.17) is 6.58 Å². The second kappa shape index (κ2) is 5.75. The molecule has 10 unspecified atom stereocenters. The van der Waals surface area contributed by atoms with Crippen LogP contribution in [-0.2, 0) is 0 Å². The Morgan fingerprint density at radius 1 is 0.759 bits per heavy atom. The molecular formula is C29H46. The van der Waals surface area contributed by atoms with E-state index in [0.29, 0.717) is 21.7 Å². The van der Waals surface area contributed by atoms with Gasteiger partial charge < -0.3 is 0 Å². The zero-order valence-corrected chi connectivity index (χ0v) is 20.0. The number of allylic oxidation sites excluding steroid dienone is 1. The molecule has 0 bridgehead atoms. The standard InChI is InChI=1S/C29H46/c1-18-16-19-17-23-21-8-7-11-26(2,3)22(21)10-13-28(23,5)29(6)15-14-27(4)12-9-20(18)25(27)24(19)29/h19-25H,1,7-17H2,2-6H3. The summed E-state index contributed by atoms with van der Waals surface area (Å²) in [6.45, 7) is 18.2. The zero-order valence-electron chi connectivity index (χ0n) is 20.0. The monoisotopic (exact) mass is 394 g/mol. The highest BCUT2D eigenvalue weighted by atomic mass is 14.7. The lowest BCUT2D eigenvalue weighted by atomic mass is 9.32. The Bertz CT molecular complexity index is 730. The van der Waals surface area contributed by atoms with Crippen molar-refractivity contribution in [3.05, 3.63) is 12.2 Å². The molecule has 0 heteroatoms. The van der Waals surface area contributed by atoms with Crippen LogP contribution in [0.25, 0.3) is 0 Å².